The predicted octanol–water partition coefficient (Wildman–Crippen LogP) is 4.95. The fraction of sp³-hybridized carbons (Fsp3) is 0.318. The maximum atomic E-state index is 12.3. The maximum absolute atomic E-state index is 12.3. The number of hydrogen-bond donors (Lipinski definition) is 1. The van der Waals surface area contributed by atoms with Gasteiger partial charge in [0.25, 0.3) is 0 Å². The molecule has 0 aromatic heterocycles. The Morgan fingerprint density at radius 3 is 2.66 bits per heavy atom. The van der Waals surface area contributed by atoms with Crippen molar-refractivity contribution >= 4 is 29.3 Å². The minimum Gasteiger partial charge on any atom is -0.493 e. The van der Waals surface area contributed by atoms with E-state index in [0.717, 1.165) is 18.4 Å². The Balaban J connectivity index is 1.66. The third kappa shape index (κ3) is 5.57. The molecule has 154 valence electrons. The zero-order valence-corrected chi connectivity index (χ0v) is 17.3. The number of benzene rings is 2. The summed E-state index contributed by atoms with van der Waals surface area (Å²) in [4.78, 5) is 12.3. The highest BCUT2D eigenvalue weighted by atomic mass is 35.5. The van der Waals surface area contributed by atoms with Crippen LogP contribution in [0.15, 0.2) is 36.4 Å². The largest absolute Gasteiger partial charge is 0.493 e. The van der Waals surface area contributed by atoms with Crippen LogP contribution in [0.25, 0.3) is 6.08 Å². The van der Waals surface area contributed by atoms with Crippen molar-refractivity contribution in [1.82, 2.24) is 0 Å². The van der Waals surface area contributed by atoms with Crippen molar-refractivity contribution in [2.24, 2.45) is 0 Å². The standard InChI is InChI=1S/C22H24ClNO5/c1-3-4-9-27-18-7-5-15(12-19(18)26-2)6-8-22(25)24-17-14-21-20(13-16(17)23)28-10-11-29-21/h5-8,12-14H,3-4,9-11H2,1-2H3,(H,24,25)/b8-6+. The van der Waals surface area contributed by atoms with Crippen molar-refractivity contribution in [3.63, 3.8) is 0 Å². The van der Waals surface area contributed by atoms with Crippen molar-refractivity contribution in [2.75, 3.05) is 32.2 Å². The Morgan fingerprint density at radius 1 is 1.17 bits per heavy atom. The molecule has 1 N–H and O–H groups in total. The van der Waals surface area contributed by atoms with E-state index in [2.05, 4.69) is 12.2 Å². The summed E-state index contributed by atoms with van der Waals surface area (Å²) in [5, 5.41) is 3.14. The first kappa shape index (κ1) is 20.9. The highest BCUT2D eigenvalue weighted by molar-refractivity contribution is 6.34. The SMILES string of the molecule is CCCCOc1ccc(/C=C/C(=O)Nc2cc3c(cc2Cl)OCCO3)cc1OC. The second kappa shape index (κ2) is 10.1. The molecule has 1 amide bonds. The molecule has 0 saturated carbocycles. The van der Waals surface area contributed by atoms with Gasteiger partial charge in [-0.05, 0) is 30.2 Å². The summed E-state index contributed by atoms with van der Waals surface area (Å²) >= 11 is 6.23. The third-order valence-corrected chi connectivity index (χ3v) is 4.57. The van der Waals surface area contributed by atoms with Crippen molar-refractivity contribution in [3.8, 4) is 23.0 Å². The summed E-state index contributed by atoms with van der Waals surface area (Å²) in [5.74, 6) is 2.13. The van der Waals surface area contributed by atoms with Crippen molar-refractivity contribution in [2.45, 2.75) is 19.8 Å². The van der Waals surface area contributed by atoms with Gasteiger partial charge in [-0.15, -0.1) is 0 Å². The van der Waals surface area contributed by atoms with E-state index in [0.29, 0.717) is 53.5 Å². The van der Waals surface area contributed by atoms with Crippen LogP contribution in [0, 0.1) is 0 Å². The summed E-state index contributed by atoms with van der Waals surface area (Å²) < 4.78 is 22.1. The molecule has 6 nitrogen and oxygen atoms in total. The number of fused-ring (bicyclic) bond motifs is 1. The molecule has 0 aliphatic carbocycles. The molecule has 2 aromatic carbocycles. The highest BCUT2D eigenvalue weighted by Gasteiger charge is 2.16. The number of anilines is 1. The zero-order valence-electron chi connectivity index (χ0n) is 16.5. The summed E-state index contributed by atoms with van der Waals surface area (Å²) in [7, 11) is 1.59. The summed E-state index contributed by atoms with van der Waals surface area (Å²) in [5.41, 5.74) is 1.27. The van der Waals surface area contributed by atoms with Gasteiger partial charge in [0, 0.05) is 18.2 Å². The lowest BCUT2D eigenvalue weighted by Crippen LogP contribution is -2.16. The van der Waals surface area contributed by atoms with Crippen LogP contribution in [0.2, 0.25) is 5.02 Å². The monoisotopic (exact) mass is 417 g/mol. The number of rotatable bonds is 8. The second-order valence-corrected chi connectivity index (χ2v) is 6.82. The molecular weight excluding hydrogens is 394 g/mol. The maximum Gasteiger partial charge on any atom is 0.248 e. The average molecular weight is 418 g/mol. The van der Waals surface area contributed by atoms with Crippen LogP contribution in [0.4, 0.5) is 5.69 Å². The highest BCUT2D eigenvalue weighted by Crippen LogP contribution is 2.38. The van der Waals surface area contributed by atoms with Crippen LogP contribution < -0.4 is 24.3 Å². The third-order valence-electron chi connectivity index (χ3n) is 4.26. The van der Waals surface area contributed by atoms with Crippen LogP contribution in [-0.2, 0) is 4.79 Å². The number of hydrogen-bond acceptors (Lipinski definition) is 5. The molecule has 29 heavy (non-hydrogen) atoms. The minimum absolute atomic E-state index is 0.314. The number of carbonyl (C=O) groups is 1. The second-order valence-electron chi connectivity index (χ2n) is 6.41. The number of unbranched alkanes of at least 4 members (excludes halogenated alkanes) is 1. The number of halogens is 1. The van der Waals surface area contributed by atoms with Gasteiger partial charge in [0.05, 0.1) is 24.4 Å². The molecule has 0 fully saturated rings. The van der Waals surface area contributed by atoms with E-state index >= 15 is 0 Å². The Kier molecular flexibility index (Phi) is 7.25. The molecule has 1 aliphatic rings. The summed E-state index contributed by atoms with van der Waals surface area (Å²) in [6, 6.07) is 8.82. The molecule has 0 atom stereocenters. The average Bonchev–Trinajstić information content (AvgIpc) is 2.73. The van der Waals surface area contributed by atoms with E-state index in [9.17, 15) is 4.79 Å². The molecular formula is C22H24ClNO5. The van der Waals surface area contributed by atoms with Crippen LogP contribution >= 0.6 is 11.6 Å². The van der Waals surface area contributed by atoms with Crippen LogP contribution in [0.1, 0.15) is 25.3 Å². The van der Waals surface area contributed by atoms with E-state index in [1.807, 2.05) is 18.2 Å². The van der Waals surface area contributed by atoms with Gasteiger partial charge in [-0.3, -0.25) is 4.79 Å². The molecule has 0 radical (unpaired) electrons. The van der Waals surface area contributed by atoms with Crippen LogP contribution in [-0.4, -0.2) is 32.8 Å². The van der Waals surface area contributed by atoms with E-state index in [1.165, 1.54) is 6.08 Å². The molecule has 0 saturated heterocycles. The molecule has 0 spiro atoms. The Bertz CT molecular complexity index is 897. The minimum atomic E-state index is -0.314. The van der Waals surface area contributed by atoms with Gasteiger partial charge in [-0.1, -0.05) is 31.0 Å². The molecule has 1 aliphatic heterocycles. The first-order chi connectivity index (χ1) is 14.1. The van der Waals surface area contributed by atoms with Crippen LogP contribution in [0.3, 0.4) is 0 Å². The molecule has 3 rings (SSSR count). The molecule has 0 unspecified atom stereocenters. The Labute approximate surface area is 175 Å². The normalized spacial score (nSPS) is 12.7. The Morgan fingerprint density at radius 2 is 1.93 bits per heavy atom. The number of amides is 1. The lowest BCUT2D eigenvalue weighted by Gasteiger charge is -2.19. The van der Waals surface area contributed by atoms with Crippen molar-refractivity contribution in [3.05, 3.63) is 47.0 Å². The van der Waals surface area contributed by atoms with E-state index in [-0.39, 0.29) is 5.91 Å². The molecule has 0 bridgehead atoms. The van der Waals surface area contributed by atoms with Gasteiger partial charge in [0.15, 0.2) is 23.0 Å². The number of nitrogens with one attached hydrogen (secondary N) is 1. The van der Waals surface area contributed by atoms with Gasteiger partial charge in [0.1, 0.15) is 13.2 Å². The molecule has 1 heterocycles. The lowest BCUT2D eigenvalue weighted by atomic mass is 10.2. The van der Waals surface area contributed by atoms with E-state index < -0.39 is 0 Å². The van der Waals surface area contributed by atoms with Gasteiger partial charge in [0.2, 0.25) is 5.91 Å². The number of ether oxygens (including phenoxy) is 4. The molecule has 7 heteroatoms. The van der Waals surface area contributed by atoms with Gasteiger partial charge >= 0.3 is 0 Å². The quantitative estimate of drug-likeness (QED) is 0.486. The van der Waals surface area contributed by atoms with Gasteiger partial charge in [-0.2, -0.15) is 0 Å². The predicted molar refractivity (Wildman–Crippen MR) is 114 cm³/mol. The van der Waals surface area contributed by atoms with Gasteiger partial charge in [-0.25, -0.2) is 0 Å². The number of carbonyl (C=O) groups excluding carboxylic acids is 1. The van der Waals surface area contributed by atoms with Crippen molar-refractivity contribution in [1.29, 1.82) is 0 Å². The van der Waals surface area contributed by atoms with Crippen molar-refractivity contribution < 1.29 is 23.7 Å². The lowest BCUT2D eigenvalue weighted by molar-refractivity contribution is -0.111. The fourth-order valence-electron chi connectivity index (χ4n) is 2.74. The van der Waals surface area contributed by atoms with Crippen LogP contribution in [0.5, 0.6) is 23.0 Å². The smallest absolute Gasteiger partial charge is 0.248 e. The first-order valence-corrected chi connectivity index (χ1v) is 9.87. The topological polar surface area (TPSA) is 66.0 Å². The first-order valence-electron chi connectivity index (χ1n) is 9.49. The summed E-state index contributed by atoms with van der Waals surface area (Å²) in [6.45, 7) is 3.68. The van der Waals surface area contributed by atoms with E-state index in [4.69, 9.17) is 30.5 Å². The molecule has 2 aromatic rings. The van der Waals surface area contributed by atoms with Gasteiger partial charge < -0.3 is 24.3 Å². The number of methoxy groups -OCH3 is 1. The summed E-state index contributed by atoms with van der Waals surface area (Å²) in [6.07, 6.45) is 5.16. The Hall–Kier alpha value is -2.86. The zero-order chi connectivity index (χ0) is 20.6. The van der Waals surface area contributed by atoms with E-state index in [1.54, 1.807) is 25.3 Å². The fourth-order valence-corrected chi connectivity index (χ4v) is 2.94.